The topological polar surface area (TPSA) is 58.6 Å². The van der Waals surface area contributed by atoms with Gasteiger partial charge in [0.25, 0.3) is 0 Å². The van der Waals surface area contributed by atoms with Gasteiger partial charge in [0, 0.05) is 26.6 Å². The molecule has 2 aliphatic rings. The van der Waals surface area contributed by atoms with Crippen LogP contribution in [0.25, 0.3) is 0 Å². The summed E-state index contributed by atoms with van der Waals surface area (Å²) in [7, 11) is 1.70. The Bertz CT molecular complexity index is 612. The van der Waals surface area contributed by atoms with Crippen LogP contribution in [0.5, 0.6) is 0 Å². The maximum Gasteiger partial charge on any atom is 0.234 e. The number of carbonyl (C=O) groups excluding carboxylic acids is 2. The van der Waals surface area contributed by atoms with E-state index >= 15 is 0 Å². The second-order valence-electron chi connectivity index (χ2n) is 6.14. The predicted octanol–water partition coefficient (Wildman–Crippen LogP) is 1.96. The van der Waals surface area contributed by atoms with Crippen LogP contribution in [0.1, 0.15) is 37.2 Å². The number of ether oxygens (including phenoxy) is 1. The highest BCUT2D eigenvalue weighted by Crippen LogP contribution is 2.30. The molecule has 1 N–H and O–H groups in total. The van der Waals surface area contributed by atoms with Crippen LogP contribution < -0.4 is 10.2 Å². The van der Waals surface area contributed by atoms with Gasteiger partial charge in [-0.15, -0.1) is 0 Å². The summed E-state index contributed by atoms with van der Waals surface area (Å²) in [5.74, 6) is -1.36. The van der Waals surface area contributed by atoms with E-state index in [4.69, 9.17) is 4.74 Å². The molecule has 2 saturated heterocycles. The Labute approximate surface area is 134 Å². The highest BCUT2D eigenvalue weighted by molar-refractivity contribution is 6.00. The minimum Gasteiger partial charge on any atom is -0.381 e. The molecule has 2 heterocycles. The first-order chi connectivity index (χ1) is 11.1. The summed E-state index contributed by atoms with van der Waals surface area (Å²) in [6, 6.07) is 4.96. The minimum absolute atomic E-state index is 0.247. The van der Waals surface area contributed by atoms with Gasteiger partial charge in [-0.25, -0.2) is 4.39 Å². The number of halogens is 1. The van der Waals surface area contributed by atoms with Crippen molar-refractivity contribution >= 4 is 17.5 Å². The molecule has 3 rings (SSSR count). The van der Waals surface area contributed by atoms with Gasteiger partial charge in [-0.1, -0.05) is 6.07 Å². The van der Waals surface area contributed by atoms with Gasteiger partial charge < -0.3 is 9.64 Å². The zero-order valence-corrected chi connectivity index (χ0v) is 13.2. The van der Waals surface area contributed by atoms with E-state index in [1.807, 2.05) is 4.90 Å². The summed E-state index contributed by atoms with van der Waals surface area (Å²) in [6.07, 6.45) is 2.74. The molecule has 2 aliphatic heterocycles. The molecular formula is C17H21FN2O3. The number of amides is 2. The molecule has 6 heteroatoms. The Hall–Kier alpha value is -1.95. The smallest absolute Gasteiger partial charge is 0.234 e. The van der Waals surface area contributed by atoms with Gasteiger partial charge >= 0.3 is 0 Å². The quantitative estimate of drug-likeness (QED) is 0.865. The van der Waals surface area contributed by atoms with Crippen LogP contribution in [0.15, 0.2) is 18.2 Å². The van der Waals surface area contributed by atoms with Gasteiger partial charge in [0.1, 0.15) is 5.82 Å². The van der Waals surface area contributed by atoms with Crippen LogP contribution in [0, 0.1) is 5.82 Å². The first kappa shape index (κ1) is 15.9. The molecule has 0 spiro atoms. The highest BCUT2D eigenvalue weighted by Gasteiger charge is 2.29. The normalized spacial score (nSPS) is 23.0. The average Bonchev–Trinajstić information content (AvgIpc) is 2.55. The number of piperidine rings is 2. The summed E-state index contributed by atoms with van der Waals surface area (Å²) < 4.78 is 19.8. The van der Waals surface area contributed by atoms with Crippen molar-refractivity contribution in [3.05, 3.63) is 29.6 Å². The fourth-order valence-electron chi connectivity index (χ4n) is 3.34. The van der Waals surface area contributed by atoms with E-state index in [0.29, 0.717) is 24.1 Å². The molecule has 1 unspecified atom stereocenters. The van der Waals surface area contributed by atoms with Crippen molar-refractivity contribution in [1.29, 1.82) is 0 Å². The van der Waals surface area contributed by atoms with E-state index in [2.05, 4.69) is 5.32 Å². The lowest BCUT2D eigenvalue weighted by Crippen LogP contribution is -2.39. The predicted molar refractivity (Wildman–Crippen MR) is 83.8 cm³/mol. The molecule has 1 aromatic carbocycles. The Morgan fingerprint density at radius 1 is 1.22 bits per heavy atom. The monoisotopic (exact) mass is 320 g/mol. The van der Waals surface area contributed by atoms with Crippen molar-refractivity contribution in [2.24, 2.45) is 0 Å². The fraction of sp³-hybridized carbons (Fsp3) is 0.529. The molecular weight excluding hydrogens is 299 g/mol. The van der Waals surface area contributed by atoms with E-state index in [0.717, 1.165) is 25.9 Å². The molecule has 1 atom stereocenters. The molecule has 23 heavy (non-hydrogen) atoms. The standard InChI is InChI=1S/C17H21FN2O3/c1-23-12-6-8-20(9-7-12)15-4-2-11(10-14(15)18)13-3-5-16(21)19-17(13)22/h2,4,10,12-13H,3,5-9H2,1H3,(H,19,21,22). The number of nitrogens with one attached hydrogen (secondary N) is 1. The molecule has 1 aromatic rings. The molecule has 0 bridgehead atoms. The number of methoxy groups -OCH3 is 1. The van der Waals surface area contributed by atoms with Crippen molar-refractivity contribution in [3.8, 4) is 0 Å². The maximum atomic E-state index is 14.5. The lowest BCUT2D eigenvalue weighted by Gasteiger charge is -2.33. The number of benzene rings is 1. The van der Waals surface area contributed by atoms with Gasteiger partial charge in [0.15, 0.2) is 0 Å². The van der Waals surface area contributed by atoms with Crippen molar-refractivity contribution in [2.75, 3.05) is 25.1 Å². The molecule has 0 aliphatic carbocycles. The van der Waals surface area contributed by atoms with E-state index < -0.39 is 5.92 Å². The van der Waals surface area contributed by atoms with Crippen molar-refractivity contribution in [1.82, 2.24) is 5.32 Å². The Morgan fingerprint density at radius 2 is 1.96 bits per heavy atom. The average molecular weight is 320 g/mol. The molecule has 124 valence electrons. The van der Waals surface area contributed by atoms with Crippen LogP contribution in [-0.2, 0) is 14.3 Å². The van der Waals surface area contributed by atoms with Crippen molar-refractivity contribution in [3.63, 3.8) is 0 Å². The number of rotatable bonds is 3. The van der Waals surface area contributed by atoms with Gasteiger partial charge in [0.05, 0.1) is 17.7 Å². The molecule has 2 fully saturated rings. The highest BCUT2D eigenvalue weighted by atomic mass is 19.1. The number of hydrogen-bond acceptors (Lipinski definition) is 4. The third kappa shape index (κ3) is 3.37. The largest absolute Gasteiger partial charge is 0.381 e. The number of anilines is 1. The van der Waals surface area contributed by atoms with E-state index in [1.54, 1.807) is 19.2 Å². The second-order valence-corrected chi connectivity index (χ2v) is 6.14. The van der Waals surface area contributed by atoms with E-state index in [-0.39, 0.29) is 23.7 Å². The van der Waals surface area contributed by atoms with Crippen LogP contribution >= 0.6 is 0 Å². The Morgan fingerprint density at radius 3 is 2.57 bits per heavy atom. The molecule has 0 aromatic heterocycles. The molecule has 0 saturated carbocycles. The van der Waals surface area contributed by atoms with Crippen LogP contribution in [0.2, 0.25) is 0 Å². The van der Waals surface area contributed by atoms with Crippen molar-refractivity contribution < 1.29 is 18.7 Å². The zero-order chi connectivity index (χ0) is 16.4. The number of hydrogen-bond donors (Lipinski definition) is 1. The van der Waals surface area contributed by atoms with Gasteiger partial charge in [-0.05, 0) is 37.0 Å². The first-order valence-electron chi connectivity index (χ1n) is 7.99. The van der Waals surface area contributed by atoms with E-state index in [1.165, 1.54) is 6.07 Å². The van der Waals surface area contributed by atoms with E-state index in [9.17, 15) is 14.0 Å². The first-order valence-corrected chi connectivity index (χ1v) is 7.99. The zero-order valence-electron chi connectivity index (χ0n) is 13.2. The number of carbonyl (C=O) groups is 2. The number of nitrogens with zero attached hydrogens (tertiary/aromatic N) is 1. The Kier molecular flexibility index (Phi) is 4.61. The molecule has 5 nitrogen and oxygen atoms in total. The minimum atomic E-state index is -0.449. The van der Waals surface area contributed by atoms with Gasteiger partial charge in [-0.2, -0.15) is 0 Å². The third-order valence-corrected chi connectivity index (χ3v) is 4.73. The maximum absolute atomic E-state index is 14.5. The lowest BCUT2D eigenvalue weighted by atomic mass is 9.90. The van der Waals surface area contributed by atoms with Gasteiger partial charge in [0.2, 0.25) is 11.8 Å². The molecule has 2 amide bonds. The van der Waals surface area contributed by atoms with Crippen LogP contribution in [0.4, 0.5) is 10.1 Å². The summed E-state index contributed by atoms with van der Waals surface area (Å²) >= 11 is 0. The van der Waals surface area contributed by atoms with Crippen LogP contribution in [-0.4, -0.2) is 38.1 Å². The molecule has 0 radical (unpaired) electrons. The Balaban J connectivity index is 1.73. The SMILES string of the molecule is COC1CCN(c2ccc(C3CCC(=O)NC3=O)cc2F)CC1. The summed E-state index contributed by atoms with van der Waals surface area (Å²) in [5, 5.41) is 2.31. The fourth-order valence-corrected chi connectivity index (χ4v) is 3.34. The lowest BCUT2D eigenvalue weighted by molar-refractivity contribution is -0.134. The van der Waals surface area contributed by atoms with Crippen molar-refractivity contribution in [2.45, 2.75) is 37.7 Å². The summed E-state index contributed by atoms with van der Waals surface area (Å²) in [6.45, 7) is 1.51. The second kappa shape index (κ2) is 6.66. The summed E-state index contributed by atoms with van der Waals surface area (Å²) in [4.78, 5) is 25.1. The summed E-state index contributed by atoms with van der Waals surface area (Å²) in [5.41, 5.74) is 1.19. The van der Waals surface area contributed by atoms with Gasteiger partial charge in [-0.3, -0.25) is 14.9 Å². The third-order valence-electron chi connectivity index (χ3n) is 4.73. The number of imide groups is 1. The van der Waals surface area contributed by atoms with Crippen LogP contribution in [0.3, 0.4) is 0 Å².